The van der Waals surface area contributed by atoms with Gasteiger partial charge in [0, 0.05) is 11.4 Å². The molecular weight excluding hydrogens is 379 g/mol. The van der Waals surface area contributed by atoms with Crippen LogP contribution >= 0.6 is 11.6 Å². The number of hydrogen-bond acceptors (Lipinski definition) is 2. The van der Waals surface area contributed by atoms with E-state index >= 15 is 0 Å². The van der Waals surface area contributed by atoms with Gasteiger partial charge < -0.3 is 9.84 Å². The Labute approximate surface area is 169 Å². The molecule has 0 aromatic heterocycles. The fourth-order valence-electron chi connectivity index (χ4n) is 3.62. The van der Waals surface area contributed by atoms with Crippen LogP contribution in [-0.4, -0.2) is 17.7 Å². The van der Waals surface area contributed by atoms with Crippen molar-refractivity contribution in [1.82, 2.24) is 0 Å². The number of aryl methyl sites for hydroxylation is 1. The van der Waals surface area contributed by atoms with Crippen LogP contribution in [0.1, 0.15) is 48.8 Å². The number of ether oxygens (including phenoxy) is 1. The molecule has 0 radical (unpaired) electrons. The average Bonchev–Trinajstić information content (AvgIpc) is 2.69. The second-order valence-electron chi connectivity index (χ2n) is 7.14. The quantitative estimate of drug-likeness (QED) is 0.598. The molecule has 0 bridgehead atoms. The lowest BCUT2D eigenvalue weighted by atomic mass is 9.88. The standard InChI is InChI=1S/C23H24ClFO3/c1-15-16(9-13-22(26)27)8-12-21(23(15)25)28-14-18-4-2-3-5-20(18)17-6-10-19(24)11-7-17/h6-8,10-12H,2-5,9,13-14H2,1H3,(H,26,27). The maximum atomic E-state index is 14.7. The van der Waals surface area contributed by atoms with Crippen LogP contribution in [0.4, 0.5) is 4.39 Å². The van der Waals surface area contributed by atoms with E-state index in [-0.39, 0.29) is 12.2 Å². The summed E-state index contributed by atoms with van der Waals surface area (Å²) in [6.45, 7) is 2.02. The van der Waals surface area contributed by atoms with Gasteiger partial charge >= 0.3 is 5.97 Å². The molecule has 3 rings (SSSR count). The van der Waals surface area contributed by atoms with Crippen molar-refractivity contribution in [2.45, 2.75) is 45.4 Å². The molecule has 1 aliphatic rings. The summed E-state index contributed by atoms with van der Waals surface area (Å²) >= 11 is 6.00. The second kappa shape index (κ2) is 9.24. The normalized spacial score (nSPS) is 14.2. The zero-order valence-corrected chi connectivity index (χ0v) is 16.7. The van der Waals surface area contributed by atoms with Gasteiger partial charge in [0.25, 0.3) is 0 Å². The summed E-state index contributed by atoms with van der Waals surface area (Å²) in [6, 6.07) is 11.2. The summed E-state index contributed by atoms with van der Waals surface area (Å²) in [4.78, 5) is 10.7. The lowest BCUT2D eigenvalue weighted by Crippen LogP contribution is -2.10. The summed E-state index contributed by atoms with van der Waals surface area (Å²) in [6.07, 6.45) is 4.45. The van der Waals surface area contributed by atoms with E-state index in [4.69, 9.17) is 21.4 Å². The molecule has 3 nitrogen and oxygen atoms in total. The van der Waals surface area contributed by atoms with Crippen molar-refractivity contribution in [3.05, 3.63) is 69.5 Å². The van der Waals surface area contributed by atoms with Crippen molar-refractivity contribution in [3.63, 3.8) is 0 Å². The molecule has 0 aliphatic heterocycles. The number of carboxylic acids is 1. The van der Waals surface area contributed by atoms with Gasteiger partial charge in [0.05, 0.1) is 0 Å². The maximum Gasteiger partial charge on any atom is 0.303 e. The first-order chi connectivity index (χ1) is 13.5. The highest BCUT2D eigenvalue weighted by atomic mass is 35.5. The third kappa shape index (κ3) is 4.93. The molecule has 148 valence electrons. The SMILES string of the molecule is Cc1c(CCC(=O)O)ccc(OCC2=C(c3ccc(Cl)cc3)CCCC2)c1F. The molecule has 5 heteroatoms. The van der Waals surface area contributed by atoms with Gasteiger partial charge in [-0.15, -0.1) is 0 Å². The predicted molar refractivity (Wildman–Crippen MR) is 109 cm³/mol. The number of carbonyl (C=O) groups is 1. The van der Waals surface area contributed by atoms with Crippen LogP contribution in [0.5, 0.6) is 5.75 Å². The molecule has 0 atom stereocenters. The minimum atomic E-state index is -0.890. The van der Waals surface area contributed by atoms with Gasteiger partial charge in [0.2, 0.25) is 0 Å². The Balaban J connectivity index is 1.77. The van der Waals surface area contributed by atoms with E-state index in [0.717, 1.165) is 31.2 Å². The zero-order chi connectivity index (χ0) is 20.1. The Morgan fingerprint density at radius 3 is 2.57 bits per heavy atom. The number of halogens is 2. The summed E-state index contributed by atoms with van der Waals surface area (Å²) < 4.78 is 20.5. The van der Waals surface area contributed by atoms with Gasteiger partial charge in [0.15, 0.2) is 11.6 Å². The Morgan fingerprint density at radius 1 is 1.14 bits per heavy atom. The molecule has 0 saturated carbocycles. The first kappa shape index (κ1) is 20.4. The first-order valence-electron chi connectivity index (χ1n) is 9.55. The van der Waals surface area contributed by atoms with Crippen LogP contribution in [0.2, 0.25) is 5.02 Å². The number of carboxylic acid groups (broad SMARTS) is 1. The fourth-order valence-corrected chi connectivity index (χ4v) is 3.74. The third-order valence-electron chi connectivity index (χ3n) is 5.25. The van der Waals surface area contributed by atoms with Crippen LogP contribution in [0.15, 0.2) is 42.0 Å². The van der Waals surface area contributed by atoms with Crippen molar-refractivity contribution < 1.29 is 19.0 Å². The highest BCUT2D eigenvalue weighted by molar-refractivity contribution is 6.30. The molecule has 0 unspecified atom stereocenters. The van der Waals surface area contributed by atoms with E-state index in [2.05, 4.69) is 0 Å². The van der Waals surface area contributed by atoms with Gasteiger partial charge in [-0.05, 0) is 85.1 Å². The van der Waals surface area contributed by atoms with Gasteiger partial charge in [-0.3, -0.25) is 4.79 Å². The van der Waals surface area contributed by atoms with E-state index in [1.165, 1.54) is 11.1 Å². The highest BCUT2D eigenvalue weighted by Crippen LogP contribution is 2.34. The molecular formula is C23H24ClFO3. The minimum absolute atomic E-state index is 0.0160. The largest absolute Gasteiger partial charge is 0.486 e. The summed E-state index contributed by atoms with van der Waals surface area (Å²) in [7, 11) is 0. The van der Waals surface area contributed by atoms with E-state index in [0.29, 0.717) is 29.2 Å². The van der Waals surface area contributed by atoms with Crippen LogP contribution in [0, 0.1) is 12.7 Å². The van der Waals surface area contributed by atoms with E-state index < -0.39 is 11.8 Å². The van der Waals surface area contributed by atoms with E-state index in [1.54, 1.807) is 19.1 Å². The van der Waals surface area contributed by atoms with Crippen LogP contribution in [0.25, 0.3) is 5.57 Å². The number of rotatable bonds is 7. The topological polar surface area (TPSA) is 46.5 Å². The summed E-state index contributed by atoms with van der Waals surface area (Å²) in [5.41, 5.74) is 4.75. The lowest BCUT2D eigenvalue weighted by Gasteiger charge is -2.22. The molecule has 2 aromatic carbocycles. The lowest BCUT2D eigenvalue weighted by molar-refractivity contribution is -0.136. The third-order valence-corrected chi connectivity index (χ3v) is 5.50. The van der Waals surface area contributed by atoms with E-state index in [9.17, 15) is 9.18 Å². The smallest absolute Gasteiger partial charge is 0.303 e. The average molecular weight is 403 g/mol. The Kier molecular flexibility index (Phi) is 6.74. The monoisotopic (exact) mass is 402 g/mol. The molecule has 1 aliphatic carbocycles. The van der Waals surface area contributed by atoms with Gasteiger partial charge in [-0.1, -0.05) is 29.8 Å². The van der Waals surface area contributed by atoms with Gasteiger partial charge in [-0.25, -0.2) is 4.39 Å². The Bertz CT molecular complexity index is 887. The van der Waals surface area contributed by atoms with Crippen LogP contribution < -0.4 is 4.74 Å². The van der Waals surface area contributed by atoms with Crippen molar-refractivity contribution in [2.24, 2.45) is 0 Å². The first-order valence-corrected chi connectivity index (χ1v) is 9.93. The van der Waals surface area contributed by atoms with Crippen molar-refractivity contribution in [3.8, 4) is 5.75 Å². The van der Waals surface area contributed by atoms with Crippen molar-refractivity contribution in [2.75, 3.05) is 6.61 Å². The predicted octanol–water partition coefficient (Wildman–Crippen LogP) is 6.21. The van der Waals surface area contributed by atoms with Crippen LogP contribution in [0.3, 0.4) is 0 Å². The Morgan fingerprint density at radius 2 is 1.86 bits per heavy atom. The van der Waals surface area contributed by atoms with Gasteiger partial charge in [0.1, 0.15) is 6.61 Å². The summed E-state index contributed by atoms with van der Waals surface area (Å²) in [5, 5.41) is 9.53. The molecule has 0 fully saturated rings. The zero-order valence-electron chi connectivity index (χ0n) is 15.9. The molecule has 0 heterocycles. The number of hydrogen-bond donors (Lipinski definition) is 1. The molecule has 0 spiro atoms. The molecule has 2 aromatic rings. The number of allylic oxidation sites excluding steroid dienone is 1. The molecule has 1 N–H and O–H groups in total. The minimum Gasteiger partial charge on any atom is -0.486 e. The molecule has 28 heavy (non-hydrogen) atoms. The molecule has 0 amide bonds. The van der Waals surface area contributed by atoms with Crippen LogP contribution in [-0.2, 0) is 11.2 Å². The Hall–Kier alpha value is -2.33. The number of benzene rings is 2. The fraction of sp³-hybridized carbons (Fsp3) is 0.348. The van der Waals surface area contributed by atoms with Crippen molar-refractivity contribution >= 4 is 23.1 Å². The summed E-state index contributed by atoms with van der Waals surface area (Å²) in [5.74, 6) is -1.09. The maximum absolute atomic E-state index is 14.7. The molecule has 0 saturated heterocycles. The van der Waals surface area contributed by atoms with Gasteiger partial charge in [-0.2, -0.15) is 0 Å². The number of aliphatic carboxylic acids is 1. The highest BCUT2D eigenvalue weighted by Gasteiger charge is 2.17. The van der Waals surface area contributed by atoms with E-state index in [1.807, 2.05) is 24.3 Å². The second-order valence-corrected chi connectivity index (χ2v) is 7.58. The van der Waals surface area contributed by atoms with Crippen molar-refractivity contribution in [1.29, 1.82) is 0 Å².